The SMILES string of the molecule is CCN(CC)c1ccc(C(=O)NCC(=O)N2CCN(c3cccc(Cl)c3)CC2)cn1. The molecule has 30 heavy (non-hydrogen) atoms. The van der Waals surface area contributed by atoms with Crippen LogP contribution in [-0.2, 0) is 4.79 Å². The molecule has 0 spiro atoms. The first-order valence-electron chi connectivity index (χ1n) is 10.3. The van der Waals surface area contributed by atoms with Crippen molar-refractivity contribution in [3.05, 3.63) is 53.2 Å². The van der Waals surface area contributed by atoms with E-state index in [9.17, 15) is 9.59 Å². The number of aromatic nitrogens is 1. The van der Waals surface area contributed by atoms with E-state index in [-0.39, 0.29) is 18.4 Å². The summed E-state index contributed by atoms with van der Waals surface area (Å²) >= 11 is 6.07. The van der Waals surface area contributed by atoms with Crippen LogP contribution in [0.4, 0.5) is 11.5 Å². The maximum Gasteiger partial charge on any atom is 0.253 e. The van der Waals surface area contributed by atoms with Gasteiger partial charge in [0.25, 0.3) is 5.91 Å². The molecular weight excluding hydrogens is 402 g/mol. The number of carbonyl (C=O) groups excluding carboxylic acids is 2. The molecule has 0 bridgehead atoms. The minimum Gasteiger partial charge on any atom is -0.368 e. The zero-order chi connectivity index (χ0) is 21.5. The van der Waals surface area contributed by atoms with Crippen LogP contribution in [0.1, 0.15) is 24.2 Å². The molecule has 1 fully saturated rings. The van der Waals surface area contributed by atoms with Gasteiger partial charge in [0.2, 0.25) is 5.91 Å². The van der Waals surface area contributed by atoms with Crippen molar-refractivity contribution in [1.29, 1.82) is 0 Å². The van der Waals surface area contributed by atoms with Crippen LogP contribution in [0.15, 0.2) is 42.6 Å². The number of nitrogens with zero attached hydrogens (tertiary/aromatic N) is 4. The van der Waals surface area contributed by atoms with Gasteiger partial charge in [-0.1, -0.05) is 17.7 Å². The highest BCUT2D eigenvalue weighted by atomic mass is 35.5. The van der Waals surface area contributed by atoms with Gasteiger partial charge in [-0.25, -0.2) is 4.98 Å². The fourth-order valence-corrected chi connectivity index (χ4v) is 3.70. The monoisotopic (exact) mass is 429 g/mol. The van der Waals surface area contributed by atoms with E-state index in [1.807, 2.05) is 30.3 Å². The number of anilines is 2. The van der Waals surface area contributed by atoms with Gasteiger partial charge in [0.15, 0.2) is 0 Å². The topological polar surface area (TPSA) is 68.8 Å². The van der Waals surface area contributed by atoms with E-state index < -0.39 is 0 Å². The summed E-state index contributed by atoms with van der Waals surface area (Å²) in [6.45, 7) is 8.50. The van der Waals surface area contributed by atoms with Gasteiger partial charge in [0.05, 0.1) is 12.1 Å². The summed E-state index contributed by atoms with van der Waals surface area (Å²) in [5, 5.41) is 3.41. The number of rotatable bonds is 7. The lowest BCUT2D eigenvalue weighted by Gasteiger charge is -2.36. The molecule has 2 heterocycles. The van der Waals surface area contributed by atoms with Crippen LogP contribution in [0.25, 0.3) is 0 Å². The normalized spacial score (nSPS) is 13.8. The van der Waals surface area contributed by atoms with Crippen LogP contribution in [-0.4, -0.2) is 67.5 Å². The zero-order valence-corrected chi connectivity index (χ0v) is 18.2. The van der Waals surface area contributed by atoms with Crippen molar-refractivity contribution in [2.45, 2.75) is 13.8 Å². The third kappa shape index (κ3) is 5.42. The Morgan fingerprint density at radius 2 is 1.83 bits per heavy atom. The lowest BCUT2D eigenvalue weighted by Crippen LogP contribution is -2.51. The van der Waals surface area contributed by atoms with Gasteiger partial charge in [0, 0.05) is 56.2 Å². The third-order valence-electron chi connectivity index (χ3n) is 5.30. The van der Waals surface area contributed by atoms with Crippen molar-refractivity contribution in [3.8, 4) is 0 Å². The van der Waals surface area contributed by atoms with E-state index >= 15 is 0 Å². The minimum absolute atomic E-state index is 0.0200. The molecule has 0 aliphatic carbocycles. The molecular formula is C22H28ClN5O2. The van der Waals surface area contributed by atoms with Gasteiger partial charge in [-0.15, -0.1) is 0 Å². The highest BCUT2D eigenvalue weighted by molar-refractivity contribution is 6.30. The summed E-state index contributed by atoms with van der Waals surface area (Å²) in [4.78, 5) is 35.3. The standard InChI is InChI=1S/C22H28ClN5O2/c1-3-26(4-2)20-9-8-17(15-24-20)22(30)25-16-21(29)28-12-10-27(11-13-28)19-7-5-6-18(23)14-19/h5-9,14-15H,3-4,10-13,16H2,1-2H3,(H,25,30). The zero-order valence-electron chi connectivity index (χ0n) is 17.5. The number of amides is 2. The Morgan fingerprint density at radius 3 is 2.43 bits per heavy atom. The fraction of sp³-hybridized carbons (Fsp3) is 0.409. The van der Waals surface area contributed by atoms with Crippen LogP contribution in [0, 0.1) is 0 Å². The number of carbonyl (C=O) groups is 2. The molecule has 1 aliphatic heterocycles. The van der Waals surface area contributed by atoms with E-state index in [0.717, 1.165) is 37.7 Å². The molecule has 1 aromatic carbocycles. The maximum atomic E-state index is 12.5. The number of hydrogen-bond donors (Lipinski definition) is 1. The fourth-order valence-electron chi connectivity index (χ4n) is 3.51. The van der Waals surface area contributed by atoms with Crippen LogP contribution >= 0.6 is 11.6 Å². The molecule has 0 unspecified atom stereocenters. The average molecular weight is 430 g/mol. The molecule has 7 nitrogen and oxygen atoms in total. The van der Waals surface area contributed by atoms with Gasteiger partial charge in [-0.3, -0.25) is 9.59 Å². The summed E-state index contributed by atoms with van der Waals surface area (Å²) in [6, 6.07) is 11.3. The average Bonchev–Trinajstić information content (AvgIpc) is 2.78. The summed E-state index contributed by atoms with van der Waals surface area (Å²) in [7, 11) is 0. The largest absolute Gasteiger partial charge is 0.368 e. The van der Waals surface area contributed by atoms with Gasteiger partial charge < -0.3 is 20.0 Å². The van der Waals surface area contributed by atoms with E-state index in [2.05, 4.69) is 33.9 Å². The molecule has 1 N–H and O–H groups in total. The van der Waals surface area contributed by atoms with E-state index in [1.165, 1.54) is 0 Å². The highest BCUT2D eigenvalue weighted by Gasteiger charge is 2.22. The molecule has 0 radical (unpaired) electrons. The minimum atomic E-state index is -0.292. The first-order chi connectivity index (χ1) is 14.5. The van der Waals surface area contributed by atoms with Crippen molar-refractivity contribution in [2.24, 2.45) is 0 Å². The Kier molecular flexibility index (Phi) is 7.52. The summed E-state index contributed by atoms with van der Waals surface area (Å²) in [5.74, 6) is 0.464. The number of nitrogens with one attached hydrogen (secondary N) is 1. The van der Waals surface area contributed by atoms with Gasteiger partial charge in [-0.05, 0) is 44.2 Å². The Hall–Kier alpha value is -2.80. The molecule has 1 aromatic heterocycles. The predicted molar refractivity (Wildman–Crippen MR) is 120 cm³/mol. The summed E-state index contributed by atoms with van der Waals surface area (Å²) in [5.41, 5.74) is 1.51. The molecule has 160 valence electrons. The first-order valence-corrected chi connectivity index (χ1v) is 10.7. The Balaban J connectivity index is 1.47. The first kappa shape index (κ1) is 21.9. The number of halogens is 1. The molecule has 0 atom stereocenters. The predicted octanol–water partition coefficient (Wildman–Crippen LogP) is 2.66. The maximum absolute atomic E-state index is 12.5. The number of benzene rings is 1. The van der Waals surface area contributed by atoms with Crippen LogP contribution in [0.3, 0.4) is 0 Å². The molecule has 8 heteroatoms. The number of piperazine rings is 1. The quantitative estimate of drug-likeness (QED) is 0.732. The Labute approximate surface area is 182 Å². The van der Waals surface area contributed by atoms with E-state index in [4.69, 9.17) is 11.6 Å². The Morgan fingerprint density at radius 1 is 1.10 bits per heavy atom. The smallest absolute Gasteiger partial charge is 0.253 e. The lowest BCUT2D eigenvalue weighted by molar-refractivity contribution is -0.130. The number of hydrogen-bond acceptors (Lipinski definition) is 5. The molecule has 1 aliphatic rings. The third-order valence-corrected chi connectivity index (χ3v) is 5.54. The van der Waals surface area contributed by atoms with E-state index in [1.54, 1.807) is 17.2 Å². The van der Waals surface area contributed by atoms with Gasteiger partial charge in [0.1, 0.15) is 5.82 Å². The van der Waals surface area contributed by atoms with Crippen LogP contribution < -0.4 is 15.1 Å². The molecule has 2 amide bonds. The van der Waals surface area contributed by atoms with Crippen LogP contribution in [0.5, 0.6) is 0 Å². The number of pyridine rings is 1. The van der Waals surface area contributed by atoms with Crippen molar-refractivity contribution in [1.82, 2.24) is 15.2 Å². The lowest BCUT2D eigenvalue weighted by atomic mass is 10.2. The van der Waals surface area contributed by atoms with Crippen LogP contribution in [0.2, 0.25) is 5.02 Å². The molecule has 2 aromatic rings. The van der Waals surface area contributed by atoms with E-state index in [0.29, 0.717) is 23.7 Å². The summed E-state index contributed by atoms with van der Waals surface area (Å²) < 4.78 is 0. The molecule has 3 rings (SSSR count). The highest BCUT2D eigenvalue weighted by Crippen LogP contribution is 2.20. The Bertz CT molecular complexity index is 862. The molecule has 0 saturated carbocycles. The molecule has 1 saturated heterocycles. The second-order valence-corrected chi connectivity index (χ2v) is 7.54. The summed E-state index contributed by atoms with van der Waals surface area (Å²) in [6.07, 6.45) is 1.55. The van der Waals surface area contributed by atoms with Crippen molar-refractivity contribution >= 4 is 34.9 Å². The van der Waals surface area contributed by atoms with Crippen molar-refractivity contribution in [2.75, 3.05) is 55.6 Å². The van der Waals surface area contributed by atoms with Crippen molar-refractivity contribution < 1.29 is 9.59 Å². The van der Waals surface area contributed by atoms with Gasteiger partial charge in [-0.2, -0.15) is 0 Å². The second-order valence-electron chi connectivity index (χ2n) is 7.11. The second kappa shape index (κ2) is 10.3. The van der Waals surface area contributed by atoms with Crippen molar-refractivity contribution in [3.63, 3.8) is 0 Å². The van der Waals surface area contributed by atoms with Gasteiger partial charge >= 0.3 is 0 Å².